The summed E-state index contributed by atoms with van der Waals surface area (Å²) >= 11 is 2.94. The molecule has 1 aliphatic rings. The van der Waals surface area contributed by atoms with Crippen LogP contribution in [0.25, 0.3) is 0 Å². The van der Waals surface area contributed by atoms with Crippen LogP contribution in [0.2, 0.25) is 0 Å². The quantitative estimate of drug-likeness (QED) is 0.663. The van der Waals surface area contributed by atoms with E-state index in [0.717, 1.165) is 29.6 Å². The van der Waals surface area contributed by atoms with Crippen molar-refractivity contribution in [2.45, 2.75) is 19.8 Å². The summed E-state index contributed by atoms with van der Waals surface area (Å²) in [6, 6.07) is 9.89. The maximum atomic E-state index is 12.2. The minimum atomic E-state index is -0.0469. The molecule has 3 rings (SSSR count). The van der Waals surface area contributed by atoms with Crippen molar-refractivity contribution in [2.75, 3.05) is 24.2 Å². The van der Waals surface area contributed by atoms with Gasteiger partial charge < -0.3 is 10.2 Å². The molecule has 5 nitrogen and oxygen atoms in total. The molecule has 1 aromatic carbocycles. The van der Waals surface area contributed by atoms with Gasteiger partial charge in [-0.2, -0.15) is 0 Å². The summed E-state index contributed by atoms with van der Waals surface area (Å²) in [5.74, 6) is 0.287. The number of thioether (sulfide) groups is 1. The number of aromatic nitrogens is 1. The first-order valence-corrected chi connectivity index (χ1v) is 9.81. The lowest BCUT2D eigenvalue weighted by atomic mass is 10.3. The van der Waals surface area contributed by atoms with Gasteiger partial charge in [-0.05, 0) is 31.9 Å². The van der Waals surface area contributed by atoms with Crippen LogP contribution in [-0.4, -0.2) is 39.8 Å². The van der Waals surface area contributed by atoms with Gasteiger partial charge in [-0.3, -0.25) is 4.79 Å². The molecule has 0 atom stereocenters. The number of anilines is 1. The highest BCUT2D eigenvalue weighted by molar-refractivity contribution is 8.14. The number of carbonyl (C=O) groups excluding carboxylic acids is 1. The normalized spacial score (nSPS) is 14.9. The summed E-state index contributed by atoms with van der Waals surface area (Å²) in [5, 5.41) is 6.35. The Balaban J connectivity index is 1.63. The van der Waals surface area contributed by atoms with Gasteiger partial charge in [0, 0.05) is 18.5 Å². The number of carbonyl (C=O) groups is 1. The van der Waals surface area contributed by atoms with Crippen molar-refractivity contribution in [3.05, 3.63) is 41.4 Å². The highest BCUT2D eigenvalue weighted by Crippen LogP contribution is 2.21. The maximum Gasteiger partial charge on any atom is 0.236 e. The Morgan fingerprint density at radius 2 is 2.08 bits per heavy atom. The first-order valence-electron chi connectivity index (χ1n) is 7.94. The highest BCUT2D eigenvalue weighted by Gasteiger charge is 2.18. The number of aryl methyl sites for hydroxylation is 1. The molecule has 0 saturated carbocycles. The van der Waals surface area contributed by atoms with E-state index < -0.39 is 0 Å². The van der Waals surface area contributed by atoms with E-state index in [1.54, 1.807) is 0 Å². The molecule has 1 N–H and O–H groups in total. The molecule has 2 aromatic rings. The largest absolute Gasteiger partial charge is 0.351 e. The molecule has 2 heterocycles. The number of nitrogens with one attached hydrogen (secondary N) is 1. The molecule has 1 aliphatic heterocycles. The monoisotopic (exact) mass is 360 g/mol. The zero-order chi connectivity index (χ0) is 16.8. The number of amides is 1. The average molecular weight is 361 g/mol. The second-order valence-corrected chi connectivity index (χ2v) is 7.36. The topological polar surface area (TPSA) is 57.6 Å². The summed E-state index contributed by atoms with van der Waals surface area (Å²) < 4.78 is 0. The molecule has 1 amide bonds. The predicted octanol–water partition coefficient (Wildman–Crippen LogP) is 3.91. The van der Waals surface area contributed by atoms with Crippen molar-refractivity contribution < 1.29 is 4.79 Å². The summed E-state index contributed by atoms with van der Waals surface area (Å²) in [6.07, 6.45) is 2.36. The first-order chi connectivity index (χ1) is 11.7. The van der Waals surface area contributed by atoms with Gasteiger partial charge >= 0.3 is 0 Å². The maximum absolute atomic E-state index is 12.2. The van der Waals surface area contributed by atoms with Crippen LogP contribution < -0.4 is 5.32 Å². The van der Waals surface area contributed by atoms with E-state index in [2.05, 4.69) is 15.2 Å². The van der Waals surface area contributed by atoms with E-state index in [0.29, 0.717) is 10.9 Å². The highest BCUT2D eigenvalue weighted by atomic mass is 32.2. The summed E-state index contributed by atoms with van der Waals surface area (Å²) in [4.78, 5) is 23.4. The molecule has 0 spiro atoms. The predicted molar refractivity (Wildman–Crippen MR) is 102 cm³/mol. The van der Waals surface area contributed by atoms with Crippen molar-refractivity contribution in [1.29, 1.82) is 0 Å². The molecule has 1 saturated heterocycles. The molecule has 0 unspecified atom stereocenters. The van der Waals surface area contributed by atoms with E-state index in [-0.39, 0.29) is 5.91 Å². The molecule has 0 radical (unpaired) electrons. The second kappa shape index (κ2) is 8.30. The van der Waals surface area contributed by atoms with Gasteiger partial charge in [0.15, 0.2) is 10.3 Å². The number of para-hydroxylation sites is 1. The molecule has 126 valence electrons. The van der Waals surface area contributed by atoms with Gasteiger partial charge in [0.05, 0.1) is 17.1 Å². The number of likely N-dealkylation sites (tertiary alicyclic amines) is 1. The number of benzene rings is 1. The van der Waals surface area contributed by atoms with Gasteiger partial charge in [-0.25, -0.2) is 9.98 Å². The van der Waals surface area contributed by atoms with Gasteiger partial charge in [-0.1, -0.05) is 30.0 Å². The third-order valence-corrected chi connectivity index (χ3v) is 5.45. The van der Waals surface area contributed by atoms with Crippen LogP contribution >= 0.6 is 23.1 Å². The molecule has 24 heavy (non-hydrogen) atoms. The third-order valence-electron chi connectivity index (χ3n) is 3.56. The average Bonchev–Trinajstić information content (AvgIpc) is 3.24. The smallest absolute Gasteiger partial charge is 0.236 e. The van der Waals surface area contributed by atoms with Crippen LogP contribution in [0, 0.1) is 6.92 Å². The summed E-state index contributed by atoms with van der Waals surface area (Å²) in [5.41, 5.74) is 1.84. The Morgan fingerprint density at radius 3 is 2.75 bits per heavy atom. The molecular formula is C17H20N4OS2. The number of hydrogen-bond acceptors (Lipinski definition) is 5. The molecule has 1 aromatic heterocycles. The van der Waals surface area contributed by atoms with E-state index in [9.17, 15) is 4.79 Å². The van der Waals surface area contributed by atoms with Crippen molar-refractivity contribution in [2.24, 2.45) is 4.99 Å². The standard InChI is InChI=1S/C17H20N4OS2/c1-13-11-23-16(18-13)20-15(22)12-24-17(21-9-5-6-10-21)19-14-7-3-2-4-8-14/h2-4,7-8,11H,5-6,9-10,12H2,1H3,(H,18,20,22). The fourth-order valence-electron chi connectivity index (χ4n) is 2.41. The van der Waals surface area contributed by atoms with Gasteiger partial charge in [0.2, 0.25) is 5.91 Å². The Morgan fingerprint density at radius 1 is 1.33 bits per heavy atom. The second-order valence-electron chi connectivity index (χ2n) is 5.55. The fraction of sp³-hybridized carbons (Fsp3) is 0.353. The summed E-state index contributed by atoms with van der Waals surface area (Å²) in [7, 11) is 0. The van der Waals surface area contributed by atoms with Gasteiger partial charge in [0.1, 0.15) is 0 Å². The van der Waals surface area contributed by atoms with E-state index in [4.69, 9.17) is 4.99 Å². The lowest BCUT2D eigenvalue weighted by Crippen LogP contribution is -2.27. The molecule has 1 fully saturated rings. The van der Waals surface area contributed by atoms with Crippen LogP contribution in [-0.2, 0) is 4.79 Å². The van der Waals surface area contributed by atoms with Crippen LogP contribution in [0.1, 0.15) is 18.5 Å². The van der Waals surface area contributed by atoms with Crippen LogP contribution in [0.15, 0.2) is 40.7 Å². The van der Waals surface area contributed by atoms with Crippen LogP contribution in [0.3, 0.4) is 0 Å². The number of amidine groups is 1. The zero-order valence-corrected chi connectivity index (χ0v) is 15.2. The Hall–Kier alpha value is -1.86. The van der Waals surface area contributed by atoms with E-state index in [1.165, 1.54) is 35.9 Å². The fourth-order valence-corrected chi connectivity index (χ4v) is 3.98. The van der Waals surface area contributed by atoms with Crippen molar-refractivity contribution in [3.63, 3.8) is 0 Å². The lowest BCUT2D eigenvalue weighted by Gasteiger charge is -2.19. The number of rotatable bonds is 4. The minimum absolute atomic E-state index is 0.0469. The van der Waals surface area contributed by atoms with Crippen LogP contribution in [0.4, 0.5) is 10.8 Å². The van der Waals surface area contributed by atoms with Crippen LogP contribution in [0.5, 0.6) is 0 Å². The molecular weight excluding hydrogens is 340 g/mol. The van der Waals surface area contributed by atoms with E-state index >= 15 is 0 Å². The molecule has 0 bridgehead atoms. The molecule has 7 heteroatoms. The van der Waals surface area contributed by atoms with Gasteiger partial charge in [0.25, 0.3) is 0 Å². The number of aliphatic imine (C=N–C) groups is 1. The molecule has 0 aliphatic carbocycles. The van der Waals surface area contributed by atoms with Crippen molar-refractivity contribution in [3.8, 4) is 0 Å². The van der Waals surface area contributed by atoms with Gasteiger partial charge in [-0.15, -0.1) is 11.3 Å². The van der Waals surface area contributed by atoms with Crippen molar-refractivity contribution in [1.82, 2.24) is 9.88 Å². The van der Waals surface area contributed by atoms with E-state index in [1.807, 2.05) is 42.6 Å². The zero-order valence-electron chi connectivity index (χ0n) is 13.6. The number of hydrogen-bond donors (Lipinski definition) is 1. The number of thiazole rings is 1. The third kappa shape index (κ3) is 4.82. The Kier molecular flexibility index (Phi) is 5.87. The SMILES string of the molecule is Cc1csc(NC(=O)CSC(=Nc2ccccc2)N2CCCC2)n1. The lowest BCUT2D eigenvalue weighted by molar-refractivity contribution is -0.113. The first kappa shape index (κ1) is 17.0. The minimum Gasteiger partial charge on any atom is -0.351 e. The Labute approximate surface area is 150 Å². The Bertz CT molecular complexity index is 708. The number of nitrogens with zero attached hydrogens (tertiary/aromatic N) is 3. The summed E-state index contributed by atoms with van der Waals surface area (Å²) in [6.45, 7) is 3.93. The van der Waals surface area contributed by atoms with Crippen molar-refractivity contribution >= 4 is 45.0 Å².